The molecule has 8 N–H and O–H groups in total. The van der Waals surface area contributed by atoms with E-state index in [2.05, 4.69) is 0 Å². The molecular formula is C15H26O11. The zero-order chi connectivity index (χ0) is 19.6. The van der Waals surface area contributed by atoms with Crippen LogP contribution in [0.5, 0.6) is 0 Å². The first kappa shape index (κ1) is 21.6. The maximum atomic E-state index is 12.8. The van der Waals surface area contributed by atoms with E-state index in [9.17, 15) is 45.6 Å². The molecule has 2 aliphatic rings. The molecule has 0 spiro atoms. The highest BCUT2D eigenvalue weighted by Gasteiger charge is 2.53. The Morgan fingerprint density at radius 2 is 1.12 bits per heavy atom. The third-order valence-electron chi connectivity index (χ3n) is 5.12. The van der Waals surface area contributed by atoms with Crippen LogP contribution in [0.3, 0.4) is 0 Å². The molecule has 11 nitrogen and oxygen atoms in total. The van der Waals surface area contributed by atoms with E-state index in [4.69, 9.17) is 9.47 Å². The zero-order valence-electron chi connectivity index (χ0n) is 13.9. The molecule has 11 heteroatoms. The van der Waals surface area contributed by atoms with Crippen LogP contribution in [0.25, 0.3) is 0 Å². The zero-order valence-corrected chi connectivity index (χ0v) is 13.9. The number of hydrogen-bond acceptors (Lipinski definition) is 11. The highest BCUT2D eigenvalue weighted by molar-refractivity contribution is 5.88. The number of aliphatic hydroxyl groups excluding tert-OH is 8. The number of ether oxygens (including phenoxy) is 2. The van der Waals surface area contributed by atoms with Crippen molar-refractivity contribution in [3.8, 4) is 0 Å². The van der Waals surface area contributed by atoms with Crippen molar-refractivity contribution in [3.05, 3.63) is 0 Å². The Bertz CT molecular complexity index is 473. The molecule has 2 fully saturated rings. The molecule has 0 aliphatic carbocycles. The standard InChI is InChI=1S/C15H26O11/c16-1-5-7(3-18)25-15(12(23)9(5)20)13(24)14-6(2-17)10(21)11(22)8(4-19)26-14/h5-12,14-23H,1-4H2/t5-,6+,7+,8+,9-,10-,11-,12+,14-,15-/m0/s1. The number of Topliss-reactive ketones (excluding diaryl/α,β-unsaturated/α-hetero) is 1. The molecule has 0 bridgehead atoms. The molecule has 0 amide bonds. The van der Waals surface area contributed by atoms with Gasteiger partial charge in [0.15, 0.2) is 5.78 Å². The molecular weight excluding hydrogens is 356 g/mol. The molecule has 2 rings (SSSR count). The van der Waals surface area contributed by atoms with Crippen LogP contribution in [-0.4, -0.2) is 122 Å². The minimum atomic E-state index is -1.75. The SMILES string of the molecule is O=C([C@H]1O[C@H](CO)[C@H](CO)[C@H](O)[C@H]1O)[C@H]1O[C@H](CO)[C@H](O)[C@@H](O)[C@H]1CO. The third-order valence-corrected chi connectivity index (χ3v) is 5.12. The van der Waals surface area contributed by atoms with E-state index < -0.39 is 92.9 Å². The molecule has 0 aromatic carbocycles. The molecule has 2 heterocycles. The van der Waals surface area contributed by atoms with Gasteiger partial charge in [0.1, 0.15) is 30.5 Å². The van der Waals surface area contributed by atoms with Crippen LogP contribution < -0.4 is 0 Å². The Morgan fingerprint density at radius 1 is 0.615 bits per heavy atom. The summed E-state index contributed by atoms with van der Waals surface area (Å²) in [6.45, 7) is -2.67. The largest absolute Gasteiger partial charge is 0.396 e. The lowest BCUT2D eigenvalue weighted by Crippen LogP contribution is -2.64. The predicted octanol–water partition coefficient (Wildman–Crippen LogP) is -5.26. The fourth-order valence-electron chi connectivity index (χ4n) is 3.48. The van der Waals surface area contributed by atoms with Crippen molar-refractivity contribution in [1.29, 1.82) is 0 Å². The lowest BCUT2D eigenvalue weighted by atomic mass is 9.80. The van der Waals surface area contributed by atoms with Gasteiger partial charge in [0.2, 0.25) is 0 Å². The van der Waals surface area contributed by atoms with E-state index in [1.54, 1.807) is 0 Å². The van der Waals surface area contributed by atoms with E-state index in [1.165, 1.54) is 0 Å². The van der Waals surface area contributed by atoms with Crippen molar-refractivity contribution in [3.63, 3.8) is 0 Å². The summed E-state index contributed by atoms with van der Waals surface area (Å²) in [6.07, 6.45) is -12.1. The average Bonchev–Trinajstić information content (AvgIpc) is 2.65. The van der Waals surface area contributed by atoms with Gasteiger partial charge in [-0.25, -0.2) is 0 Å². The average molecular weight is 382 g/mol. The number of rotatable bonds is 6. The number of carbonyl (C=O) groups excluding carboxylic acids is 1. The first-order valence-corrected chi connectivity index (χ1v) is 8.32. The summed E-state index contributed by atoms with van der Waals surface area (Å²) in [5.41, 5.74) is 0. The summed E-state index contributed by atoms with van der Waals surface area (Å²) >= 11 is 0. The Hall–Kier alpha value is -0.730. The smallest absolute Gasteiger partial charge is 0.193 e. The van der Waals surface area contributed by atoms with Crippen LogP contribution in [-0.2, 0) is 14.3 Å². The maximum absolute atomic E-state index is 12.8. The number of hydrogen-bond donors (Lipinski definition) is 8. The van der Waals surface area contributed by atoms with Gasteiger partial charge in [-0.1, -0.05) is 0 Å². The topological polar surface area (TPSA) is 197 Å². The van der Waals surface area contributed by atoms with Gasteiger partial charge in [-0.3, -0.25) is 4.79 Å². The van der Waals surface area contributed by atoms with Crippen LogP contribution in [0.4, 0.5) is 0 Å². The predicted molar refractivity (Wildman–Crippen MR) is 81.7 cm³/mol. The van der Waals surface area contributed by atoms with Crippen molar-refractivity contribution in [2.45, 2.75) is 48.8 Å². The van der Waals surface area contributed by atoms with Crippen molar-refractivity contribution in [2.24, 2.45) is 11.8 Å². The van der Waals surface area contributed by atoms with Gasteiger partial charge in [-0.05, 0) is 0 Å². The fourth-order valence-corrected chi connectivity index (χ4v) is 3.48. The molecule has 10 atom stereocenters. The molecule has 26 heavy (non-hydrogen) atoms. The van der Waals surface area contributed by atoms with Crippen molar-refractivity contribution < 1.29 is 55.1 Å². The second kappa shape index (κ2) is 8.97. The van der Waals surface area contributed by atoms with E-state index in [0.717, 1.165) is 0 Å². The van der Waals surface area contributed by atoms with Gasteiger partial charge in [0, 0.05) is 11.8 Å². The Balaban J connectivity index is 2.25. The van der Waals surface area contributed by atoms with E-state index in [1.807, 2.05) is 0 Å². The van der Waals surface area contributed by atoms with Gasteiger partial charge < -0.3 is 50.3 Å². The summed E-state index contributed by atoms with van der Waals surface area (Å²) in [6, 6.07) is 0. The van der Waals surface area contributed by atoms with E-state index >= 15 is 0 Å². The van der Waals surface area contributed by atoms with Crippen LogP contribution >= 0.6 is 0 Å². The second-order valence-corrected chi connectivity index (χ2v) is 6.61. The van der Waals surface area contributed by atoms with Gasteiger partial charge in [0.05, 0.1) is 44.7 Å². The molecule has 2 saturated heterocycles. The van der Waals surface area contributed by atoms with E-state index in [-0.39, 0.29) is 0 Å². The summed E-state index contributed by atoms with van der Waals surface area (Å²) < 4.78 is 10.6. The lowest BCUT2D eigenvalue weighted by Gasteiger charge is -2.45. The molecule has 0 aromatic heterocycles. The maximum Gasteiger partial charge on any atom is 0.193 e. The Kier molecular flexibility index (Phi) is 7.44. The van der Waals surface area contributed by atoms with Crippen LogP contribution in [0, 0.1) is 11.8 Å². The number of aliphatic hydroxyl groups is 8. The minimum Gasteiger partial charge on any atom is -0.396 e. The van der Waals surface area contributed by atoms with E-state index in [0.29, 0.717) is 0 Å². The molecule has 2 aliphatic heterocycles. The summed E-state index contributed by atoms with van der Waals surface area (Å²) in [4.78, 5) is 12.8. The molecule has 0 radical (unpaired) electrons. The Labute approximate surface area is 149 Å². The molecule has 0 unspecified atom stereocenters. The molecule has 0 aromatic rings. The monoisotopic (exact) mass is 382 g/mol. The molecule has 152 valence electrons. The van der Waals surface area contributed by atoms with Gasteiger partial charge in [-0.15, -0.1) is 0 Å². The van der Waals surface area contributed by atoms with Crippen LogP contribution in [0.15, 0.2) is 0 Å². The van der Waals surface area contributed by atoms with Gasteiger partial charge in [0.25, 0.3) is 0 Å². The summed E-state index contributed by atoms with van der Waals surface area (Å²) in [5.74, 6) is -3.20. The highest BCUT2D eigenvalue weighted by atomic mass is 16.6. The van der Waals surface area contributed by atoms with Crippen LogP contribution in [0.2, 0.25) is 0 Å². The second-order valence-electron chi connectivity index (χ2n) is 6.61. The van der Waals surface area contributed by atoms with Gasteiger partial charge >= 0.3 is 0 Å². The minimum absolute atomic E-state index is 0.596. The number of ketones is 1. The van der Waals surface area contributed by atoms with Crippen molar-refractivity contribution in [1.82, 2.24) is 0 Å². The fraction of sp³-hybridized carbons (Fsp3) is 0.933. The summed E-state index contributed by atoms with van der Waals surface area (Å²) in [5, 5.41) is 77.5. The normalized spacial score (nSPS) is 46.9. The number of carbonyl (C=O) groups is 1. The van der Waals surface area contributed by atoms with Crippen molar-refractivity contribution in [2.75, 3.05) is 26.4 Å². The highest BCUT2D eigenvalue weighted by Crippen LogP contribution is 2.32. The lowest BCUT2D eigenvalue weighted by molar-refractivity contribution is -0.238. The quantitative estimate of drug-likeness (QED) is 0.218. The molecule has 0 saturated carbocycles. The summed E-state index contributed by atoms with van der Waals surface area (Å²) in [7, 11) is 0. The third kappa shape index (κ3) is 3.78. The Morgan fingerprint density at radius 3 is 1.62 bits per heavy atom. The van der Waals surface area contributed by atoms with Crippen LogP contribution in [0.1, 0.15) is 0 Å². The van der Waals surface area contributed by atoms with Crippen molar-refractivity contribution >= 4 is 5.78 Å². The first-order chi connectivity index (χ1) is 12.3. The first-order valence-electron chi connectivity index (χ1n) is 8.32. The van der Waals surface area contributed by atoms with Gasteiger partial charge in [-0.2, -0.15) is 0 Å².